The van der Waals surface area contributed by atoms with Crippen molar-refractivity contribution >= 4 is 15.9 Å². The van der Waals surface area contributed by atoms with Gasteiger partial charge in [0.2, 0.25) is 0 Å². The minimum absolute atomic E-state index is 0.00458. The Morgan fingerprint density at radius 1 is 1.50 bits per heavy atom. The van der Waals surface area contributed by atoms with Gasteiger partial charge >= 0.3 is 0 Å². The van der Waals surface area contributed by atoms with E-state index in [1.54, 1.807) is 7.11 Å². The molecule has 0 heterocycles. The maximum atomic E-state index is 13.3. The fourth-order valence-electron chi connectivity index (χ4n) is 2.58. The third kappa shape index (κ3) is 2.74. The molecule has 0 bridgehead atoms. The summed E-state index contributed by atoms with van der Waals surface area (Å²) in [5, 5.41) is 0. The molecule has 1 aromatic carbocycles. The van der Waals surface area contributed by atoms with Crippen LogP contribution in [0.3, 0.4) is 0 Å². The van der Waals surface area contributed by atoms with E-state index in [2.05, 4.69) is 21.4 Å². The van der Waals surface area contributed by atoms with E-state index >= 15 is 0 Å². The summed E-state index contributed by atoms with van der Waals surface area (Å²) < 4.78 is 19.7. The average Bonchev–Trinajstić information content (AvgIpc) is 2.25. The number of halogens is 2. The van der Waals surface area contributed by atoms with Crippen molar-refractivity contribution in [3.05, 3.63) is 34.1 Å². The van der Waals surface area contributed by atoms with Gasteiger partial charge in [0.1, 0.15) is 5.82 Å². The van der Waals surface area contributed by atoms with E-state index in [0.717, 1.165) is 29.3 Å². The number of hydrazine groups is 1. The molecule has 0 spiro atoms. The van der Waals surface area contributed by atoms with Crippen LogP contribution in [0.2, 0.25) is 0 Å². The lowest BCUT2D eigenvalue weighted by Crippen LogP contribution is -2.59. The summed E-state index contributed by atoms with van der Waals surface area (Å²) in [5.74, 6) is 5.39. The SMILES string of the molecule is COC1(C(Cc2cc(F)cc(Br)c2)NN)CCC1. The van der Waals surface area contributed by atoms with Crippen LogP contribution in [0.5, 0.6) is 0 Å². The number of methoxy groups -OCH3 is 1. The van der Waals surface area contributed by atoms with Gasteiger partial charge in [0.15, 0.2) is 0 Å². The zero-order valence-corrected chi connectivity index (χ0v) is 12.0. The van der Waals surface area contributed by atoms with Crippen LogP contribution in [-0.4, -0.2) is 18.8 Å². The number of nitrogens with two attached hydrogens (primary N) is 1. The van der Waals surface area contributed by atoms with Crippen molar-refractivity contribution < 1.29 is 9.13 Å². The molecule has 3 nitrogen and oxygen atoms in total. The fraction of sp³-hybridized carbons (Fsp3) is 0.538. The molecule has 1 atom stereocenters. The highest BCUT2D eigenvalue weighted by Crippen LogP contribution is 2.39. The summed E-state index contributed by atoms with van der Waals surface area (Å²) in [5.41, 5.74) is 3.53. The molecule has 1 aromatic rings. The second-order valence-electron chi connectivity index (χ2n) is 4.82. The second kappa shape index (κ2) is 5.65. The Bertz CT molecular complexity index is 398. The number of ether oxygens (including phenoxy) is 1. The molecule has 0 aliphatic heterocycles. The molecule has 100 valence electrons. The summed E-state index contributed by atoms with van der Waals surface area (Å²) in [6.45, 7) is 0. The molecule has 3 N–H and O–H groups in total. The normalized spacial score (nSPS) is 19.3. The van der Waals surface area contributed by atoms with Crippen LogP contribution in [0, 0.1) is 5.82 Å². The van der Waals surface area contributed by atoms with Gasteiger partial charge in [-0.25, -0.2) is 4.39 Å². The first-order valence-electron chi connectivity index (χ1n) is 6.06. The summed E-state index contributed by atoms with van der Waals surface area (Å²) in [6, 6.07) is 4.90. The lowest BCUT2D eigenvalue weighted by Gasteiger charge is -2.46. The Labute approximate surface area is 115 Å². The van der Waals surface area contributed by atoms with Crippen molar-refractivity contribution in [3.8, 4) is 0 Å². The molecule has 0 aromatic heterocycles. The van der Waals surface area contributed by atoms with Crippen LogP contribution in [-0.2, 0) is 11.2 Å². The molecule has 0 radical (unpaired) electrons. The van der Waals surface area contributed by atoms with Gasteiger partial charge in [0.05, 0.1) is 11.6 Å². The highest BCUT2D eigenvalue weighted by atomic mass is 79.9. The van der Waals surface area contributed by atoms with Crippen LogP contribution in [0.25, 0.3) is 0 Å². The highest BCUT2D eigenvalue weighted by molar-refractivity contribution is 9.10. The average molecular weight is 317 g/mol. The molecule has 1 saturated carbocycles. The molecule has 5 heteroatoms. The van der Waals surface area contributed by atoms with E-state index in [9.17, 15) is 4.39 Å². The standard InChI is InChI=1S/C13H18BrFN2O/c1-18-13(3-2-4-13)12(17-16)7-9-5-10(14)8-11(15)6-9/h5-6,8,12,17H,2-4,7,16H2,1H3. The van der Waals surface area contributed by atoms with Crippen molar-refractivity contribution in [2.45, 2.75) is 37.3 Å². The van der Waals surface area contributed by atoms with Gasteiger partial charge in [-0.2, -0.15) is 0 Å². The predicted molar refractivity (Wildman–Crippen MR) is 72.5 cm³/mol. The number of nitrogens with one attached hydrogen (secondary N) is 1. The molecule has 18 heavy (non-hydrogen) atoms. The summed E-state index contributed by atoms with van der Waals surface area (Å²) in [7, 11) is 1.71. The smallest absolute Gasteiger partial charge is 0.124 e. The van der Waals surface area contributed by atoms with Crippen LogP contribution < -0.4 is 11.3 Å². The van der Waals surface area contributed by atoms with Crippen molar-refractivity contribution in [1.29, 1.82) is 0 Å². The van der Waals surface area contributed by atoms with Crippen molar-refractivity contribution in [2.24, 2.45) is 5.84 Å². The lowest BCUT2D eigenvalue weighted by molar-refractivity contribution is -0.0982. The van der Waals surface area contributed by atoms with Gasteiger partial charge in [0.25, 0.3) is 0 Å². The molecule has 0 saturated heterocycles. The lowest BCUT2D eigenvalue weighted by atomic mass is 9.73. The molecule has 1 unspecified atom stereocenters. The van der Waals surface area contributed by atoms with E-state index in [4.69, 9.17) is 10.6 Å². The summed E-state index contributed by atoms with van der Waals surface area (Å²) in [4.78, 5) is 0. The third-order valence-corrected chi connectivity index (χ3v) is 4.26. The monoisotopic (exact) mass is 316 g/mol. The van der Waals surface area contributed by atoms with Crippen LogP contribution in [0.4, 0.5) is 4.39 Å². The van der Waals surface area contributed by atoms with Gasteiger partial charge in [-0.05, 0) is 49.4 Å². The van der Waals surface area contributed by atoms with E-state index in [-0.39, 0.29) is 17.5 Å². The quantitative estimate of drug-likeness (QED) is 0.648. The number of rotatable bonds is 5. The van der Waals surface area contributed by atoms with Crippen LogP contribution >= 0.6 is 15.9 Å². The molecule has 1 fully saturated rings. The van der Waals surface area contributed by atoms with Crippen molar-refractivity contribution in [2.75, 3.05) is 7.11 Å². The van der Waals surface area contributed by atoms with Gasteiger partial charge < -0.3 is 4.74 Å². The Morgan fingerprint density at radius 3 is 2.67 bits per heavy atom. The van der Waals surface area contributed by atoms with Crippen molar-refractivity contribution in [3.63, 3.8) is 0 Å². The maximum Gasteiger partial charge on any atom is 0.124 e. The molecule has 1 aliphatic carbocycles. The maximum absolute atomic E-state index is 13.3. The van der Waals surface area contributed by atoms with E-state index in [1.165, 1.54) is 12.1 Å². The van der Waals surface area contributed by atoms with Crippen LogP contribution in [0.15, 0.2) is 22.7 Å². The molecule has 1 aliphatic rings. The molecular formula is C13H18BrFN2O. The fourth-order valence-corrected chi connectivity index (χ4v) is 3.09. The number of hydrogen-bond acceptors (Lipinski definition) is 3. The van der Waals surface area contributed by atoms with Crippen molar-refractivity contribution in [1.82, 2.24) is 5.43 Å². The Hall–Kier alpha value is -0.490. The second-order valence-corrected chi connectivity index (χ2v) is 5.74. The zero-order valence-electron chi connectivity index (χ0n) is 10.4. The first-order chi connectivity index (χ1) is 8.59. The zero-order chi connectivity index (χ0) is 13.2. The Kier molecular flexibility index (Phi) is 4.37. The largest absolute Gasteiger partial charge is 0.377 e. The van der Waals surface area contributed by atoms with Gasteiger partial charge in [-0.1, -0.05) is 15.9 Å². The van der Waals surface area contributed by atoms with Gasteiger partial charge in [0, 0.05) is 11.6 Å². The summed E-state index contributed by atoms with van der Waals surface area (Å²) in [6.07, 6.45) is 3.79. The topological polar surface area (TPSA) is 47.3 Å². The highest BCUT2D eigenvalue weighted by Gasteiger charge is 2.44. The van der Waals surface area contributed by atoms with E-state index < -0.39 is 0 Å². The molecule has 0 amide bonds. The Balaban J connectivity index is 2.15. The minimum Gasteiger partial charge on any atom is -0.377 e. The number of benzene rings is 1. The van der Waals surface area contributed by atoms with E-state index in [1.807, 2.05) is 6.07 Å². The summed E-state index contributed by atoms with van der Waals surface area (Å²) >= 11 is 3.30. The minimum atomic E-state index is -0.241. The van der Waals surface area contributed by atoms with Gasteiger partial charge in [-0.3, -0.25) is 11.3 Å². The van der Waals surface area contributed by atoms with Gasteiger partial charge in [-0.15, -0.1) is 0 Å². The van der Waals surface area contributed by atoms with E-state index in [0.29, 0.717) is 6.42 Å². The van der Waals surface area contributed by atoms with Crippen LogP contribution in [0.1, 0.15) is 24.8 Å². The first kappa shape index (κ1) is 13.9. The third-order valence-electron chi connectivity index (χ3n) is 3.80. The molecular weight excluding hydrogens is 299 g/mol. The molecule has 2 rings (SSSR count). The number of hydrogen-bond donors (Lipinski definition) is 2. The first-order valence-corrected chi connectivity index (χ1v) is 6.85. The Morgan fingerprint density at radius 2 is 2.22 bits per heavy atom. The predicted octanol–water partition coefficient (Wildman–Crippen LogP) is 2.53.